The smallest absolute Gasteiger partial charge is 0.190 e. The first kappa shape index (κ1) is 18.8. The van der Waals surface area contributed by atoms with Crippen molar-refractivity contribution in [3.63, 3.8) is 0 Å². The predicted octanol–water partition coefficient (Wildman–Crippen LogP) is 2.84. The molecule has 0 bridgehead atoms. The van der Waals surface area contributed by atoms with Crippen LogP contribution in [0.3, 0.4) is 0 Å². The molecule has 134 valence electrons. The first-order valence-electron chi connectivity index (χ1n) is 8.54. The van der Waals surface area contributed by atoms with Crippen LogP contribution in [0.2, 0.25) is 0 Å². The van der Waals surface area contributed by atoms with Gasteiger partial charge in [0.1, 0.15) is 5.82 Å². The summed E-state index contributed by atoms with van der Waals surface area (Å²) in [4.78, 5) is 6.29. The molecule has 0 aliphatic carbocycles. The first-order valence-corrected chi connectivity index (χ1v) is 8.54. The van der Waals surface area contributed by atoms with Crippen LogP contribution in [0, 0.1) is 5.82 Å². The number of rotatable bonds is 7. The molecule has 0 amide bonds. The van der Waals surface area contributed by atoms with Crippen molar-refractivity contribution in [2.45, 2.75) is 12.8 Å². The van der Waals surface area contributed by atoms with Crippen LogP contribution in [0.25, 0.3) is 0 Å². The van der Waals surface area contributed by atoms with Gasteiger partial charge in [-0.3, -0.25) is 4.99 Å². The van der Waals surface area contributed by atoms with Gasteiger partial charge >= 0.3 is 0 Å². The van der Waals surface area contributed by atoms with Gasteiger partial charge in [0.05, 0.1) is 0 Å². The minimum absolute atomic E-state index is 0.159. The van der Waals surface area contributed by atoms with E-state index in [4.69, 9.17) is 0 Å². The van der Waals surface area contributed by atoms with Crippen LogP contribution in [0.4, 0.5) is 10.1 Å². The highest BCUT2D eigenvalue weighted by atomic mass is 19.1. The molecule has 0 saturated heterocycles. The van der Waals surface area contributed by atoms with E-state index in [1.54, 1.807) is 13.1 Å². The van der Waals surface area contributed by atoms with E-state index in [0.717, 1.165) is 18.9 Å². The Bertz CT molecular complexity index is 680. The van der Waals surface area contributed by atoms with Gasteiger partial charge in [0.25, 0.3) is 0 Å². The molecule has 0 radical (unpaired) electrons. The third-order valence-electron chi connectivity index (χ3n) is 4.03. The summed E-state index contributed by atoms with van der Waals surface area (Å²) in [5.41, 5.74) is 3.19. The zero-order valence-electron chi connectivity index (χ0n) is 15.2. The topological polar surface area (TPSA) is 39.7 Å². The Hall–Kier alpha value is -2.56. The van der Waals surface area contributed by atoms with E-state index in [9.17, 15) is 4.39 Å². The van der Waals surface area contributed by atoms with Gasteiger partial charge < -0.3 is 15.5 Å². The Morgan fingerprint density at radius 2 is 1.60 bits per heavy atom. The van der Waals surface area contributed by atoms with Crippen molar-refractivity contribution in [1.29, 1.82) is 0 Å². The molecule has 0 fully saturated rings. The average Bonchev–Trinajstić information content (AvgIpc) is 2.62. The Balaban J connectivity index is 1.72. The van der Waals surface area contributed by atoms with Gasteiger partial charge in [0, 0.05) is 39.9 Å². The van der Waals surface area contributed by atoms with Crippen LogP contribution in [0.1, 0.15) is 11.1 Å². The van der Waals surface area contributed by atoms with Crippen LogP contribution in [-0.2, 0) is 12.8 Å². The van der Waals surface area contributed by atoms with Gasteiger partial charge in [-0.1, -0.05) is 30.3 Å². The number of guanidine groups is 1. The summed E-state index contributed by atoms with van der Waals surface area (Å²) in [6.45, 7) is 1.43. The van der Waals surface area contributed by atoms with Crippen molar-refractivity contribution < 1.29 is 4.39 Å². The van der Waals surface area contributed by atoms with E-state index in [1.165, 1.54) is 17.3 Å². The third kappa shape index (κ3) is 6.10. The minimum Gasteiger partial charge on any atom is -0.378 e. The van der Waals surface area contributed by atoms with E-state index in [2.05, 4.69) is 44.8 Å². The predicted molar refractivity (Wildman–Crippen MR) is 104 cm³/mol. The quantitative estimate of drug-likeness (QED) is 0.600. The summed E-state index contributed by atoms with van der Waals surface area (Å²) in [6, 6.07) is 15.4. The zero-order valence-corrected chi connectivity index (χ0v) is 15.2. The van der Waals surface area contributed by atoms with Crippen LogP contribution in [0.5, 0.6) is 0 Å². The minimum atomic E-state index is -0.159. The summed E-state index contributed by atoms with van der Waals surface area (Å²) in [5, 5.41) is 6.51. The molecule has 2 aromatic rings. The summed E-state index contributed by atoms with van der Waals surface area (Å²) >= 11 is 0. The number of nitrogens with one attached hydrogen (secondary N) is 2. The number of nitrogens with zero attached hydrogens (tertiary/aromatic N) is 2. The van der Waals surface area contributed by atoms with Crippen LogP contribution < -0.4 is 15.5 Å². The van der Waals surface area contributed by atoms with Crippen LogP contribution >= 0.6 is 0 Å². The Labute approximate surface area is 149 Å². The van der Waals surface area contributed by atoms with Gasteiger partial charge in [0.15, 0.2) is 5.96 Å². The highest BCUT2D eigenvalue weighted by Crippen LogP contribution is 2.12. The molecule has 25 heavy (non-hydrogen) atoms. The van der Waals surface area contributed by atoms with Crippen LogP contribution in [0.15, 0.2) is 53.5 Å². The van der Waals surface area contributed by atoms with Crippen molar-refractivity contribution >= 4 is 11.6 Å². The van der Waals surface area contributed by atoms with Crippen molar-refractivity contribution in [3.05, 3.63) is 65.5 Å². The molecule has 0 spiro atoms. The molecule has 5 heteroatoms. The zero-order chi connectivity index (χ0) is 18.1. The van der Waals surface area contributed by atoms with Gasteiger partial charge in [-0.2, -0.15) is 0 Å². The van der Waals surface area contributed by atoms with E-state index in [0.29, 0.717) is 18.5 Å². The van der Waals surface area contributed by atoms with E-state index >= 15 is 0 Å². The number of aliphatic imine (C=N–C) groups is 1. The fourth-order valence-corrected chi connectivity index (χ4v) is 2.52. The summed E-state index contributed by atoms with van der Waals surface area (Å²) in [5.74, 6) is 0.578. The van der Waals surface area contributed by atoms with Crippen molar-refractivity contribution in [2.24, 2.45) is 4.99 Å². The van der Waals surface area contributed by atoms with Gasteiger partial charge in [-0.05, 0) is 42.2 Å². The summed E-state index contributed by atoms with van der Waals surface area (Å²) in [6.07, 6.45) is 1.54. The van der Waals surface area contributed by atoms with E-state index in [-0.39, 0.29) is 5.82 Å². The molecular weight excluding hydrogens is 315 g/mol. The lowest BCUT2D eigenvalue weighted by Gasteiger charge is -2.14. The van der Waals surface area contributed by atoms with Crippen LogP contribution in [-0.4, -0.2) is 40.2 Å². The van der Waals surface area contributed by atoms with Crippen molar-refractivity contribution in [2.75, 3.05) is 39.1 Å². The lowest BCUT2D eigenvalue weighted by atomic mass is 10.1. The highest BCUT2D eigenvalue weighted by Gasteiger charge is 2.02. The molecule has 0 aliphatic rings. The number of hydrogen-bond donors (Lipinski definition) is 2. The van der Waals surface area contributed by atoms with Crippen molar-refractivity contribution in [1.82, 2.24) is 10.6 Å². The monoisotopic (exact) mass is 342 g/mol. The molecule has 2 rings (SSSR count). The Morgan fingerprint density at radius 3 is 2.20 bits per heavy atom. The SMILES string of the molecule is CN=C(NCCc1ccc(N(C)C)cc1)NCCc1ccccc1F. The second-order valence-corrected chi connectivity index (χ2v) is 6.08. The Morgan fingerprint density at radius 1 is 0.960 bits per heavy atom. The van der Waals surface area contributed by atoms with Gasteiger partial charge in [-0.25, -0.2) is 4.39 Å². The van der Waals surface area contributed by atoms with Gasteiger partial charge in [-0.15, -0.1) is 0 Å². The Kier molecular flexibility index (Phi) is 7.26. The molecule has 2 aromatic carbocycles. The molecular formula is C20H27FN4. The summed E-state index contributed by atoms with van der Waals surface area (Å²) in [7, 11) is 5.81. The van der Waals surface area contributed by atoms with E-state index in [1.807, 2.05) is 26.2 Å². The molecule has 2 N–H and O–H groups in total. The molecule has 0 saturated carbocycles. The number of hydrogen-bond acceptors (Lipinski definition) is 2. The number of benzene rings is 2. The largest absolute Gasteiger partial charge is 0.378 e. The normalized spacial score (nSPS) is 11.3. The lowest BCUT2D eigenvalue weighted by molar-refractivity contribution is 0.606. The average molecular weight is 342 g/mol. The molecule has 4 nitrogen and oxygen atoms in total. The summed E-state index contributed by atoms with van der Waals surface area (Å²) < 4.78 is 13.6. The molecule has 0 atom stereocenters. The van der Waals surface area contributed by atoms with Crippen molar-refractivity contribution in [3.8, 4) is 0 Å². The fourth-order valence-electron chi connectivity index (χ4n) is 2.52. The standard InChI is InChI=1S/C20H27FN4/c1-22-20(24-15-13-17-6-4-5-7-19(17)21)23-14-12-16-8-10-18(11-9-16)25(2)3/h4-11H,12-15H2,1-3H3,(H2,22,23,24). The van der Waals surface area contributed by atoms with Gasteiger partial charge in [0.2, 0.25) is 0 Å². The molecule has 0 aromatic heterocycles. The third-order valence-corrected chi connectivity index (χ3v) is 4.03. The maximum Gasteiger partial charge on any atom is 0.190 e. The number of halogens is 1. The highest BCUT2D eigenvalue weighted by molar-refractivity contribution is 5.79. The lowest BCUT2D eigenvalue weighted by Crippen LogP contribution is -2.39. The maximum absolute atomic E-state index is 13.6. The molecule has 0 unspecified atom stereocenters. The maximum atomic E-state index is 13.6. The second kappa shape index (κ2) is 9.67. The fraction of sp³-hybridized carbons (Fsp3) is 0.350. The molecule has 0 heterocycles. The first-order chi connectivity index (χ1) is 12.1. The molecule has 0 aliphatic heterocycles. The van der Waals surface area contributed by atoms with E-state index < -0.39 is 0 Å². The second-order valence-electron chi connectivity index (χ2n) is 6.08. The number of anilines is 1.